The van der Waals surface area contributed by atoms with Crippen LogP contribution in [0.3, 0.4) is 0 Å². The lowest BCUT2D eigenvalue weighted by Crippen LogP contribution is -2.34. The molecule has 0 bridgehead atoms. The number of hydrogen-bond acceptors (Lipinski definition) is 2. The number of alkyl halides is 3. The molecule has 0 saturated carbocycles. The van der Waals surface area contributed by atoms with E-state index in [0.717, 1.165) is 12.1 Å². The van der Waals surface area contributed by atoms with E-state index in [1.54, 1.807) is 0 Å². The summed E-state index contributed by atoms with van der Waals surface area (Å²) < 4.78 is 37.3. The molecule has 4 nitrogen and oxygen atoms in total. The second-order valence-corrected chi connectivity index (χ2v) is 4.54. The molecule has 1 aliphatic heterocycles. The summed E-state index contributed by atoms with van der Waals surface area (Å²) in [6.07, 6.45) is -4.17. The minimum absolute atomic E-state index is 0.0700. The van der Waals surface area contributed by atoms with Crippen LogP contribution in [-0.2, 0) is 22.3 Å². The zero-order chi connectivity index (χ0) is 14.8. The summed E-state index contributed by atoms with van der Waals surface area (Å²) in [6, 6.07) is 4.66. The normalized spacial score (nSPS) is 16.9. The maximum absolute atomic E-state index is 12.4. The highest BCUT2D eigenvalue weighted by atomic mass is 19.4. The van der Waals surface area contributed by atoms with Gasteiger partial charge in [0.05, 0.1) is 12.1 Å². The van der Waals surface area contributed by atoms with Crippen molar-refractivity contribution < 1.29 is 22.8 Å². The lowest BCUT2D eigenvalue weighted by Gasteiger charge is -2.20. The van der Waals surface area contributed by atoms with Gasteiger partial charge in [0, 0.05) is 19.5 Å². The number of benzene rings is 1. The van der Waals surface area contributed by atoms with E-state index in [9.17, 15) is 22.8 Å². The average Bonchev–Trinajstić information content (AvgIpc) is 2.54. The van der Waals surface area contributed by atoms with E-state index in [2.05, 4.69) is 5.32 Å². The van der Waals surface area contributed by atoms with Crippen molar-refractivity contribution in [2.75, 3.05) is 13.1 Å². The first-order chi connectivity index (χ1) is 9.36. The first-order valence-electron chi connectivity index (χ1n) is 6.07. The van der Waals surface area contributed by atoms with Crippen molar-refractivity contribution in [2.24, 2.45) is 0 Å². The molecule has 0 spiro atoms. The lowest BCUT2D eigenvalue weighted by molar-refractivity contribution is -0.137. The van der Waals surface area contributed by atoms with Gasteiger partial charge in [-0.2, -0.15) is 13.2 Å². The Morgan fingerprint density at radius 2 is 1.80 bits per heavy atom. The summed E-state index contributed by atoms with van der Waals surface area (Å²) in [6.45, 7) is 0.400. The van der Waals surface area contributed by atoms with Crippen molar-refractivity contribution >= 4 is 11.8 Å². The number of nitrogens with one attached hydrogen (secondary N) is 1. The second-order valence-electron chi connectivity index (χ2n) is 4.54. The first kappa shape index (κ1) is 14.4. The Bertz CT molecular complexity index is 511. The van der Waals surface area contributed by atoms with Gasteiger partial charge in [-0.1, -0.05) is 12.1 Å². The molecule has 1 heterocycles. The fourth-order valence-electron chi connectivity index (χ4n) is 1.92. The molecule has 1 fully saturated rings. The van der Waals surface area contributed by atoms with E-state index in [1.807, 2.05) is 0 Å². The van der Waals surface area contributed by atoms with Crippen LogP contribution in [0.25, 0.3) is 0 Å². The molecule has 0 radical (unpaired) electrons. The van der Waals surface area contributed by atoms with Crippen LogP contribution in [0.1, 0.15) is 17.5 Å². The summed E-state index contributed by atoms with van der Waals surface area (Å²) in [4.78, 5) is 24.3. The van der Waals surface area contributed by atoms with Crippen LogP contribution < -0.4 is 5.32 Å². The molecule has 2 rings (SSSR count). The summed E-state index contributed by atoms with van der Waals surface area (Å²) in [5, 5.41) is 2.46. The third kappa shape index (κ3) is 3.49. The van der Waals surface area contributed by atoms with Crippen molar-refractivity contribution in [2.45, 2.75) is 19.1 Å². The summed E-state index contributed by atoms with van der Waals surface area (Å²) in [7, 11) is 0. The van der Waals surface area contributed by atoms with Crippen LogP contribution in [0.5, 0.6) is 0 Å². The molecule has 0 aliphatic carbocycles. The Morgan fingerprint density at radius 3 is 2.40 bits per heavy atom. The highest BCUT2D eigenvalue weighted by molar-refractivity contribution is 5.87. The topological polar surface area (TPSA) is 49.4 Å². The third-order valence-corrected chi connectivity index (χ3v) is 3.05. The van der Waals surface area contributed by atoms with Gasteiger partial charge in [-0.3, -0.25) is 9.59 Å². The molecule has 0 aromatic heterocycles. The minimum Gasteiger partial charge on any atom is -0.347 e. The van der Waals surface area contributed by atoms with E-state index in [1.165, 1.54) is 17.0 Å². The third-order valence-electron chi connectivity index (χ3n) is 3.05. The van der Waals surface area contributed by atoms with Crippen LogP contribution in [-0.4, -0.2) is 29.8 Å². The van der Waals surface area contributed by atoms with Crippen LogP contribution in [0, 0.1) is 0 Å². The zero-order valence-corrected chi connectivity index (χ0v) is 10.5. The van der Waals surface area contributed by atoms with Gasteiger partial charge in [0.2, 0.25) is 11.8 Å². The molecule has 1 aromatic rings. The highest BCUT2D eigenvalue weighted by Gasteiger charge is 2.30. The van der Waals surface area contributed by atoms with E-state index in [-0.39, 0.29) is 37.9 Å². The van der Waals surface area contributed by atoms with Gasteiger partial charge in [0.25, 0.3) is 0 Å². The number of carbonyl (C=O) groups is 2. The SMILES string of the molecule is O=C1CCN(Cc2ccc(C(F)(F)F)cc2)C(=O)CN1. The molecule has 1 N–H and O–H groups in total. The Labute approximate surface area is 113 Å². The van der Waals surface area contributed by atoms with Crippen molar-refractivity contribution in [1.29, 1.82) is 0 Å². The number of amides is 2. The van der Waals surface area contributed by atoms with Crippen molar-refractivity contribution in [1.82, 2.24) is 10.2 Å². The molecular weight excluding hydrogens is 273 g/mol. The van der Waals surface area contributed by atoms with Gasteiger partial charge in [-0.05, 0) is 17.7 Å². The largest absolute Gasteiger partial charge is 0.416 e. The van der Waals surface area contributed by atoms with E-state index in [0.29, 0.717) is 5.56 Å². The Balaban J connectivity index is 2.06. The molecule has 7 heteroatoms. The van der Waals surface area contributed by atoms with E-state index >= 15 is 0 Å². The number of hydrogen-bond donors (Lipinski definition) is 1. The van der Waals surface area contributed by atoms with Crippen LogP contribution in [0.2, 0.25) is 0 Å². The zero-order valence-electron chi connectivity index (χ0n) is 10.5. The van der Waals surface area contributed by atoms with Crippen molar-refractivity contribution in [3.05, 3.63) is 35.4 Å². The Morgan fingerprint density at radius 1 is 1.15 bits per heavy atom. The monoisotopic (exact) mass is 286 g/mol. The molecule has 1 aromatic carbocycles. The van der Waals surface area contributed by atoms with Crippen molar-refractivity contribution in [3.8, 4) is 0 Å². The molecule has 1 saturated heterocycles. The van der Waals surface area contributed by atoms with E-state index < -0.39 is 11.7 Å². The Hall–Kier alpha value is -2.05. The van der Waals surface area contributed by atoms with Crippen LogP contribution in [0.4, 0.5) is 13.2 Å². The smallest absolute Gasteiger partial charge is 0.347 e. The fourth-order valence-corrected chi connectivity index (χ4v) is 1.92. The van der Waals surface area contributed by atoms with E-state index in [4.69, 9.17) is 0 Å². The standard InChI is InChI=1S/C13H13F3N2O2/c14-13(15,16)10-3-1-9(2-4-10)8-18-6-5-11(19)17-7-12(18)20/h1-4H,5-8H2,(H,17,19). The predicted octanol–water partition coefficient (Wildman–Crippen LogP) is 1.55. The highest BCUT2D eigenvalue weighted by Crippen LogP contribution is 2.29. The molecule has 108 valence electrons. The first-order valence-corrected chi connectivity index (χ1v) is 6.07. The summed E-state index contributed by atoms with van der Waals surface area (Å²) in [5.74, 6) is -0.441. The Kier molecular flexibility index (Phi) is 3.96. The van der Waals surface area contributed by atoms with Gasteiger partial charge in [0.15, 0.2) is 0 Å². The molecule has 2 amide bonds. The average molecular weight is 286 g/mol. The maximum atomic E-state index is 12.4. The maximum Gasteiger partial charge on any atom is 0.416 e. The number of halogens is 3. The lowest BCUT2D eigenvalue weighted by atomic mass is 10.1. The number of carbonyl (C=O) groups excluding carboxylic acids is 2. The fraction of sp³-hybridized carbons (Fsp3) is 0.385. The molecule has 1 aliphatic rings. The van der Waals surface area contributed by atoms with Gasteiger partial charge < -0.3 is 10.2 Å². The molecular formula is C13H13F3N2O2. The molecule has 20 heavy (non-hydrogen) atoms. The molecule has 0 unspecified atom stereocenters. The minimum atomic E-state index is -4.37. The quantitative estimate of drug-likeness (QED) is 0.897. The number of rotatable bonds is 2. The summed E-state index contributed by atoms with van der Waals surface area (Å²) in [5.41, 5.74) is -0.124. The number of nitrogens with zero attached hydrogens (tertiary/aromatic N) is 1. The predicted molar refractivity (Wildman–Crippen MR) is 64.5 cm³/mol. The van der Waals surface area contributed by atoms with Crippen LogP contribution >= 0.6 is 0 Å². The second kappa shape index (κ2) is 5.52. The summed E-state index contributed by atoms with van der Waals surface area (Å²) >= 11 is 0. The molecule has 0 atom stereocenters. The van der Waals surface area contributed by atoms with Crippen molar-refractivity contribution in [3.63, 3.8) is 0 Å². The van der Waals surface area contributed by atoms with Gasteiger partial charge in [-0.15, -0.1) is 0 Å². The van der Waals surface area contributed by atoms with Crippen LogP contribution in [0.15, 0.2) is 24.3 Å². The van der Waals surface area contributed by atoms with Gasteiger partial charge >= 0.3 is 6.18 Å². The van der Waals surface area contributed by atoms with Gasteiger partial charge in [0.1, 0.15) is 0 Å². The van der Waals surface area contributed by atoms with Gasteiger partial charge in [-0.25, -0.2) is 0 Å².